The third kappa shape index (κ3) is 5.51. The van der Waals surface area contributed by atoms with Crippen molar-refractivity contribution in [2.24, 2.45) is 0 Å². The number of aryl methyl sites for hydroxylation is 4. The molecule has 1 N–H and O–H groups in total. The first-order chi connectivity index (χ1) is 15.8. The van der Waals surface area contributed by atoms with Crippen LogP contribution in [0.25, 0.3) is 5.78 Å². The van der Waals surface area contributed by atoms with E-state index in [9.17, 15) is 4.79 Å². The van der Waals surface area contributed by atoms with E-state index >= 15 is 0 Å². The molecule has 8 nitrogen and oxygen atoms in total. The summed E-state index contributed by atoms with van der Waals surface area (Å²) in [4.78, 5) is 31.5. The van der Waals surface area contributed by atoms with Gasteiger partial charge in [0.05, 0.1) is 0 Å². The maximum atomic E-state index is 12.6. The van der Waals surface area contributed by atoms with Gasteiger partial charge in [-0.05, 0) is 88.0 Å². The smallest absolute Gasteiger partial charge is 0.253 e. The fourth-order valence-electron chi connectivity index (χ4n) is 3.55. The third-order valence-corrected chi connectivity index (χ3v) is 6.53. The van der Waals surface area contributed by atoms with Crippen molar-refractivity contribution < 1.29 is 4.79 Å². The number of rotatable bonds is 7. The van der Waals surface area contributed by atoms with Crippen LogP contribution in [0.4, 0.5) is 5.69 Å². The minimum absolute atomic E-state index is 0.0460. The maximum Gasteiger partial charge on any atom is 0.253 e. The second kappa shape index (κ2) is 9.88. The van der Waals surface area contributed by atoms with Crippen molar-refractivity contribution in [3.63, 3.8) is 0 Å². The van der Waals surface area contributed by atoms with Gasteiger partial charge in [0, 0.05) is 39.8 Å². The Hall–Kier alpha value is -2.98. The quantitative estimate of drug-likeness (QED) is 0.304. The molecule has 0 radical (unpaired) electrons. The van der Waals surface area contributed by atoms with Crippen LogP contribution in [0, 0.1) is 27.7 Å². The van der Waals surface area contributed by atoms with Gasteiger partial charge in [0.2, 0.25) is 11.1 Å². The molecule has 1 amide bonds. The zero-order chi connectivity index (χ0) is 23.5. The molecule has 0 aliphatic carbocycles. The third-order valence-electron chi connectivity index (χ3n) is 5.12. The maximum absolute atomic E-state index is 12.6. The number of hydrogen-bond donors (Lipinski definition) is 1. The van der Waals surface area contributed by atoms with Crippen molar-refractivity contribution >= 4 is 40.9 Å². The average molecular weight is 480 g/mol. The zero-order valence-corrected chi connectivity index (χ0v) is 20.8. The van der Waals surface area contributed by atoms with Crippen LogP contribution >= 0.6 is 23.5 Å². The van der Waals surface area contributed by atoms with E-state index in [2.05, 4.69) is 30.4 Å². The molecule has 4 rings (SSSR count). The van der Waals surface area contributed by atoms with E-state index in [-0.39, 0.29) is 5.91 Å². The number of nitrogens with one attached hydrogen (secondary N) is 1. The van der Waals surface area contributed by atoms with E-state index in [1.807, 2.05) is 64.3 Å². The van der Waals surface area contributed by atoms with Crippen LogP contribution in [0.5, 0.6) is 0 Å². The van der Waals surface area contributed by atoms with Crippen LogP contribution in [0.2, 0.25) is 0 Å². The molecule has 0 bridgehead atoms. The Balaban J connectivity index is 1.38. The number of carbonyl (C=O) groups is 1. The van der Waals surface area contributed by atoms with Crippen LogP contribution in [-0.2, 0) is 11.2 Å². The van der Waals surface area contributed by atoms with Crippen molar-refractivity contribution in [1.29, 1.82) is 0 Å². The van der Waals surface area contributed by atoms with Gasteiger partial charge in [0.1, 0.15) is 0 Å². The van der Waals surface area contributed by atoms with Crippen molar-refractivity contribution in [3.8, 4) is 0 Å². The summed E-state index contributed by atoms with van der Waals surface area (Å²) >= 11 is 2.98. The SMILES string of the molecule is CSc1nc2nc(C)c(CCC(=O)Nc3ccc(Sc4nc(C)cc(C)n4)cc3)c(C)n2n1. The van der Waals surface area contributed by atoms with Crippen molar-refractivity contribution in [2.75, 3.05) is 11.6 Å². The molecule has 3 heterocycles. The Labute approximate surface area is 201 Å². The Morgan fingerprint density at radius 2 is 1.67 bits per heavy atom. The summed E-state index contributed by atoms with van der Waals surface area (Å²) in [6, 6.07) is 9.66. The normalized spacial score (nSPS) is 11.2. The number of nitrogens with zero attached hydrogens (tertiary/aromatic N) is 6. The number of amides is 1. The summed E-state index contributed by atoms with van der Waals surface area (Å²) in [6.45, 7) is 7.86. The Morgan fingerprint density at radius 1 is 0.970 bits per heavy atom. The molecule has 10 heteroatoms. The predicted octanol–water partition coefficient (Wildman–Crippen LogP) is 4.59. The molecular weight excluding hydrogens is 454 g/mol. The molecule has 0 unspecified atom stereocenters. The minimum atomic E-state index is -0.0460. The Morgan fingerprint density at radius 3 is 2.33 bits per heavy atom. The molecule has 0 aliphatic heterocycles. The van der Waals surface area contributed by atoms with E-state index in [4.69, 9.17) is 0 Å². The highest BCUT2D eigenvalue weighted by atomic mass is 32.2. The summed E-state index contributed by atoms with van der Waals surface area (Å²) in [6.07, 6.45) is 2.87. The van der Waals surface area contributed by atoms with Crippen LogP contribution in [0.3, 0.4) is 0 Å². The highest BCUT2D eigenvalue weighted by molar-refractivity contribution is 7.99. The second-order valence-corrected chi connectivity index (χ2v) is 9.49. The number of anilines is 1. The fraction of sp³-hybridized carbons (Fsp3) is 0.304. The lowest BCUT2D eigenvalue weighted by atomic mass is 10.1. The summed E-state index contributed by atoms with van der Waals surface area (Å²) < 4.78 is 1.75. The number of thioether (sulfide) groups is 1. The number of carbonyl (C=O) groups excluding carboxylic acids is 1. The lowest BCUT2D eigenvalue weighted by molar-refractivity contribution is -0.116. The van der Waals surface area contributed by atoms with Gasteiger partial charge in [0.25, 0.3) is 5.78 Å². The van der Waals surface area contributed by atoms with Gasteiger partial charge in [-0.1, -0.05) is 11.8 Å². The van der Waals surface area contributed by atoms with Crippen LogP contribution in [-0.4, -0.2) is 41.7 Å². The average Bonchev–Trinajstić information content (AvgIpc) is 3.17. The molecule has 0 atom stereocenters. The van der Waals surface area contributed by atoms with Gasteiger partial charge in [0.15, 0.2) is 5.16 Å². The Bertz CT molecular complexity index is 1300. The number of hydrogen-bond acceptors (Lipinski definition) is 8. The molecule has 33 heavy (non-hydrogen) atoms. The van der Waals surface area contributed by atoms with E-state index < -0.39 is 0 Å². The van der Waals surface area contributed by atoms with E-state index in [0.717, 1.165) is 44.1 Å². The molecule has 0 aliphatic rings. The van der Waals surface area contributed by atoms with Crippen LogP contribution < -0.4 is 5.32 Å². The second-order valence-electron chi connectivity index (χ2n) is 7.68. The molecule has 4 aromatic rings. The van der Waals surface area contributed by atoms with Crippen LogP contribution in [0.15, 0.2) is 45.5 Å². The van der Waals surface area contributed by atoms with E-state index in [1.54, 1.807) is 4.52 Å². The standard InChI is InChI=1S/C23H25N7OS2/c1-13-12-14(2)25-22(24-13)33-18-8-6-17(7-9-18)27-20(31)11-10-19-15(3)26-21-28-23(32-5)29-30(21)16(19)4/h6-9,12H,10-11H2,1-5H3,(H,27,31). The first kappa shape index (κ1) is 23.2. The molecule has 170 valence electrons. The van der Waals surface area contributed by atoms with Gasteiger partial charge in [-0.3, -0.25) is 4.79 Å². The van der Waals surface area contributed by atoms with Gasteiger partial charge < -0.3 is 5.32 Å². The summed E-state index contributed by atoms with van der Waals surface area (Å²) in [5.74, 6) is 0.544. The van der Waals surface area contributed by atoms with E-state index in [1.165, 1.54) is 23.5 Å². The molecule has 0 saturated carbocycles. The Kier molecular flexibility index (Phi) is 6.94. The highest BCUT2D eigenvalue weighted by Crippen LogP contribution is 2.26. The molecule has 0 saturated heterocycles. The molecule has 0 spiro atoms. The monoisotopic (exact) mass is 479 g/mol. The molecule has 0 fully saturated rings. The van der Waals surface area contributed by atoms with Gasteiger partial charge in [-0.15, -0.1) is 5.10 Å². The fourth-order valence-corrected chi connectivity index (χ4v) is 4.75. The van der Waals surface area contributed by atoms with Crippen molar-refractivity contribution in [2.45, 2.75) is 55.7 Å². The summed E-state index contributed by atoms with van der Waals surface area (Å²) in [5, 5.41) is 8.85. The largest absolute Gasteiger partial charge is 0.326 e. The summed E-state index contributed by atoms with van der Waals surface area (Å²) in [5.41, 5.74) is 5.52. The number of benzene rings is 1. The highest BCUT2D eigenvalue weighted by Gasteiger charge is 2.14. The summed E-state index contributed by atoms with van der Waals surface area (Å²) in [7, 11) is 0. The number of aromatic nitrogens is 6. The zero-order valence-electron chi connectivity index (χ0n) is 19.2. The van der Waals surface area contributed by atoms with Crippen LogP contribution in [0.1, 0.15) is 34.8 Å². The molecule has 3 aromatic heterocycles. The first-order valence-electron chi connectivity index (χ1n) is 10.5. The topological polar surface area (TPSA) is 98.0 Å². The molecule has 1 aromatic carbocycles. The van der Waals surface area contributed by atoms with Crippen molar-refractivity contribution in [3.05, 3.63) is 58.7 Å². The van der Waals surface area contributed by atoms with Gasteiger partial charge >= 0.3 is 0 Å². The van der Waals surface area contributed by atoms with Crippen molar-refractivity contribution in [1.82, 2.24) is 29.5 Å². The van der Waals surface area contributed by atoms with E-state index in [0.29, 0.717) is 23.8 Å². The lowest BCUT2D eigenvalue weighted by Crippen LogP contribution is -2.14. The lowest BCUT2D eigenvalue weighted by Gasteiger charge is -2.11. The minimum Gasteiger partial charge on any atom is -0.326 e. The predicted molar refractivity (Wildman–Crippen MR) is 131 cm³/mol. The molecular formula is C23H25N7OS2. The first-order valence-corrected chi connectivity index (χ1v) is 12.5. The van der Waals surface area contributed by atoms with Gasteiger partial charge in [-0.25, -0.2) is 19.5 Å². The number of fused-ring (bicyclic) bond motifs is 1. The van der Waals surface area contributed by atoms with Gasteiger partial charge in [-0.2, -0.15) is 4.98 Å².